The summed E-state index contributed by atoms with van der Waals surface area (Å²) in [4.78, 5) is 25.9. The third-order valence-electron chi connectivity index (χ3n) is 4.74. The zero-order valence-corrected chi connectivity index (χ0v) is 18.9. The quantitative estimate of drug-likeness (QED) is 0.423. The molecule has 1 N–H and O–H groups in total. The molecule has 2 heterocycles. The predicted molar refractivity (Wildman–Crippen MR) is 121 cm³/mol. The fourth-order valence-corrected chi connectivity index (χ4v) is 4.39. The van der Waals surface area contributed by atoms with Crippen LogP contribution >= 0.6 is 23.1 Å². The maximum Gasteiger partial charge on any atom is 0.220 e. The number of nitrogens with zero attached hydrogens (tertiary/aromatic N) is 3. The number of carbonyl (C=O) groups is 1. The maximum atomic E-state index is 12.2. The number of hydrogen-bond acceptors (Lipinski definition) is 6. The van der Waals surface area contributed by atoms with Crippen LogP contribution in [0, 0.1) is 20.8 Å². The molecule has 0 radical (unpaired) electrons. The lowest BCUT2D eigenvalue weighted by Gasteiger charge is -2.10. The van der Waals surface area contributed by atoms with Crippen molar-refractivity contribution in [3.8, 4) is 10.6 Å². The van der Waals surface area contributed by atoms with E-state index in [2.05, 4.69) is 56.8 Å². The van der Waals surface area contributed by atoms with E-state index in [0.717, 1.165) is 44.8 Å². The van der Waals surface area contributed by atoms with Gasteiger partial charge in [0, 0.05) is 41.7 Å². The van der Waals surface area contributed by atoms with E-state index in [0.29, 0.717) is 19.4 Å². The molecule has 1 aromatic carbocycles. The van der Waals surface area contributed by atoms with Gasteiger partial charge in [-0.3, -0.25) is 4.79 Å². The molecule has 3 rings (SSSR count). The Morgan fingerprint density at radius 1 is 1.03 bits per heavy atom. The molecular formula is C22H26N4OS2. The highest BCUT2D eigenvalue weighted by Crippen LogP contribution is 2.24. The topological polar surface area (TPSA) is 67.8 Å². The van der Waals surface area contributed by atoms with Gasteiger partial charge in [-0.15, -0.1) is 11.3 Å². The van der Waals surface area contributed by atoms with Crippen LogP contribution in [-0.2, 0) is 17.6 Å². The molecule has 2 aromatic heterocycles. The van der Waals surface area contributed by atoms with Gasteiger partial charge in [0.25, 0.3) is 0 Å². The van der Waals surface area contributed by atoms with Gasteiger partial charge >= 0.3 is 0 Å². The van der Waals surface area contributed by atoms with E-state index in [1.165, 1.54) is 17.3 Å². The number of thiazole rings is 1. The normalized spacial score (nSPS) is 10.9. The summed E-state index contributed by atoms with van der Waals surface area (Å²) in [5.74, 6) is 0.0479. The largest absolute Gasteiger partial charge is 0.356 e. The summed E-state index contributed by atoms with van der Waals surface area (Å²) in [5.41, 5.74) is 6.38. The van der Waals surface area contributed by atoms with Crippen LogP contribution in [0.2, 0.25) is 0 Å². The number of benzene rings is 1. The molecule has 0 unspecified atom stereocenters. The van der Waals surface area contributed by atoms with Crippen molar-refractivity contribution < 1.29 is 4.79 Å². The van der Waals surface area contributed by atoms with Crippen molar-refractivity contribution in [3.05, 3.63) is 57.9 Å². The molecule has 29 heavy (non-hydrogen) atoms. The Morgan fingerprint density at radius 3 is 2.38 bits per heavy atom. The second kappa shape index (κ2) is 9.98. The Balaban J connectivity index is 1.46. The zero-order valence-electron chi connectivity index (χ0n) is 17.3. The third-order valence-corrected chi connectivity index (χ3v) is 6.23. The highest BCUT2D eigenvalue weighted by atomic mass is 32.2. The SMILES string of the molecule is CSc1nc(C)c(CCC(=O)NCCc2csc(-c3ccc(C)cc3)n2)c(C)n1. The summed E-state index contributed by atoms with van der Waals surface area (Å²) >= 11 is 3.18. The Morgan fingerprint density at radius 2 is 1.72 bits per heavy atom. The van der Waals surface area contributed by atoms with Crippen LogP contribution in [0.1, 0.15) is 34.6 Å². The van der Waals surface area contributed by atoms with Crippen LogP contribution in [0.4, 0.5) is 0 Å². The first-order valence-corrected chi connectivity index (χ1v) is 11.7. The monoisotopic (exact) mass is 426 g/mol. The minimum absolute atomic E-state index is 0.0479. The first-order chi connectivity index (χ1) is 14.0. The van der Waals surface area contributed by atoms with Gasteiger partial charge in [-0.1, -0.05) is 41.6 Å². The van der Waals surface area contributed by atoms with Crippen molar-refractivity contribution >= 4 is 29.0 Å². The predicted octanol–water partition coefficient (Wildman–Crippen LogP) is 4.54. The maximum absolute atomic E-state index is 12.2. The standard InChI is InChI=1S/C22H26N4OS2/c1-14-5-7-17(8-6-14)21-26-18(13-29-21)11-12-23-20(27)10-9-19-15(2)24-22(28-4)25-16(19)3/h5-8,13H,9-12H2,1-4H3,(H,23,27). The van der Waals surface area contributed by atoms with Crippen molar-refractivity contribution in [3.63, 3.8) is 0 Å². The fourth-order valence-electron chi connectivity index (χ4n) is 3.07. The average Bonchev–Trinajstić information content (AvgIpc) is 3.16. The number of rotatable bonds is 8. The smallest absolute Gasteiger partial charge is 0.220 e. The molecule has 0 saturated carbocycles. The summed E-state index contributed by atoms with van der Waals surface area (Å²) in [6.45, 7) is 6.63. The Kier molecular flexibility index (Phi) is 7.39. The lowest BCUT2D eigenvalue weighted by molar-refractivity contribution is -0.121. The summed E-state index contributed by atoms with van der Waals surface area (Å²) in [6, 6.07) is 8.39. The molecule has 3 aromatic rings. The first kappa shape index (κ1) is 21.5. The summed E-state index contributed by atoms with van der Waals surface area (Å²) in [7, 11) is 0. The van der Waals surface area contributed by atoms with Gasteiger partial charge in [-0.05, 0) is 39.0 Å². The second-order valence-electron chi connectivity index (χ2n) is 6.97. The van der Waals surface area contributed by atoms with Crippen LogP contribution in [0.3, 0.4) is 0 Å². The van der Waals surface area contributed by atoms with Crippen molar-refractivity contribution in [1.29, 1.82) is 0 Å². The number of aryl methyl sites for hydroxylation is 3. The highest BCUT2D eigenvalue weighted by Gasteiger charge is 2.11. The lowest BCUT2D eigenvalue weighted by atomic mass is 10.1. The first-order valence-electron chi connectivity index (χ1n) is 9.62. The van der Waals surface area contributed by atoms with E-state index in [9.17, 15) is 4.79 Å². The van der Waals surface area contributed by atoms with Gasteiger partial charge in [0.05, 0.1) is 5.69 Å². The summed E-state index contributed by atoms with van der Waals surface area (Å²) in [5, 5.41) is 6.87. The Bertz CT molecular complexity index is 960. The minimum atomic E-state index is 0.0479. The van der Waals surface area contributed by atoms with Gasteiger partial charge in [0.15, 0.2) is 5.16 Å². The van der Waals surface area contributed by atoms with Gasteiger partial charge < -0.3 is 5.32 Å². The molecule has 0 aliphatic rings. The van der Waals surface area contributed by atoms with E-state index >= 15 is 0 Å². The number of hydrogen-bond donors (Lipinski definition) is 1. The molecule has 0 atom stereocenters. The van der Waals surface area contributed by atoms with E-state index in [1.807, 2.05) is 20.1 Å². The number of amides is 1. The number of nitrogens with one attached hydrogen (secondary N) is 1. The second-order valence-corrected chi connectivity index (χ2v) is 8.60. The molecule has 7 heteroatoms. The van der Waals surface area contributed by atoms with Crippen LogP contribution in [-0.4, -0.2) is 33.7 Å². The van der Waals surface area contributed by atoms with Crippen molar-refractivity contribution in [1.82, 2.24) is 20.3 Å². The van der Waals surface area contributed by atoms with Crippen LogP contribution in [0.25, 0.3) is 10.6 Å². The highest BCUT2D eigenvalue weighted by molar-refractivity contribution is 7.98. The van der Waals surface area contributed by atoms with Crippen molar-refractivity contribution in [2.24, 2.45) is 0 Å². The molecule has 0 aliphatic carbocycles. The van der Waals surface area contributed by atoms with Gasteiger partial charge in [0.2, 0.25) is 5.91 Å². The third kappa shape index (κ3) is 5.87. The zero-order chi connectivity index (χ0) is 20.8. The number of carbonyl (C=O) groups excluding carboxylic acids is 1. The molecule has 5 nitrogen and oxygen atoms in total. The van der Waals surface area contributed by atoms with Crippen LogP contribution in [0.5, 0.6) is 0 Å². The van der Waals surface area contributed by atoms with Crippen molar-refractivity contribution in [2.45, 2.75) is 45.2 Å². The Hall–Kier alpha value is -2.25. The van der Waals surface area contributed by atoms with E-state index in [4.69, 9.17) is 0 Å². The molecule has 1 amide bonds. The van der Waals surface area contributed by atoms with Gasteiger partial charge in [-0.2, -0.15) is 0 Å². The average molecular weight is 427 g/mol. The molecule has 152 valence electrons. The van der Waals surface area contributed by atoms with E-state index in [1.54, 1.807) is 11.3 Å². The van der Waals surface area contributed by atoms with Crippen LogP contribution in [0.15, 0.2) is 34.8 Å². The summed E-state index contributed by atoms with van der Waals surface area (Å²) in [6.07, 6.45) is 3.80. The molecule has 0 spiro atoms. The summed E-state index contributed by atoms with van der Waals surface area (Å²) < 4.78 is 0. The lowest BCUT2D eigenvalue weighted by Crippen LogP contribution is -2.26. The van der Waals surface area contributed by atoms with Gasteiger partial charge in [-0.25, -0.2) is 15.0 Å². The minimum Gasteiger partial charge on any atom is -0.356 e. The van der Waals surface area contributed by atoms with E-state index in [-0.39, 0.29) is 5.91 Å². The van der Waals surface area contributed by atoms with Gasteiger partial charge in [0.1, 0.15) is 5.01 Å². The van der Waals surface area contributed by atoms with Crippen molar-refractivity contribution in [2.75, 3.05) is 12.8 Å². The fraction of sp³-hybridized carbons (Fsp3) is 0.364. The van der Waals surface area contributed by atoms with Crippen LogP contribution < -0.4 is 5.32 Å². The molecule has 0 saturated heterocycles. The van der Waals surface area contributed by atoms with E-state index < -0.39 is 0 Å². The molecular weight excluding hydrogens is 400 g/mol. The molecule has 0 aliphatic heterocycles. The molecule has 0 bridgehead atoms. The molecule has 0 fully saturated rings. The number of aromatic nitrogens is 3. The number of thioether (sulfide) groups is 1. The Labute approximate surface area is 180 Å².